The first-order valence-electron chi connectivity index (χ1n) is 3.88. The van der Waals surface area contributed by atoms with Gasteiger partial charge in [0.05, 0.1) is 6.04 Å². The third-order valence-corrected chi connectivity index (χ3v) is 2.52. The summed E-state index contributed by atoms with van der Waals surface area (Å²) in [5, 5.41) is 0. The maximum atomic E-state index is 12.7. The van der Waals surface area contributed by atoms with Crippen LogP contribution >= 0.6 is 15.9 Å². The van der Waals surface area contributed by atoms with Crippen molar-refractivity contribution in [1.29, 1.82) is 0 Å². The van der Waals surface area contributed by atoms with Crippen molar-refractivity contribution in [3.8, 4) is 0 Å². The fourth-order valence-electron chi connectivity index (χ4n) is 1.02. The van der Waals surface area contributed by atoms with E-state index < -0.39 is 0 Å². The van der Waals surface area contributed by atoms with Gasteiger partial charge in [0.25, 0.3) is 0 Å². The quantitative estimate of drug-likeness (QED) is 0.794. The van der Waals surface area contributed by atoms with E-state index in [4.69, 9.17) is 5.73 Å². The molecule has 0 spiro atoms. The monoisotopic (exact) mass is 243 g/mol. The zero-order valence-corrected chi connectivity index (χ0v) is 8.94. The van der Waals surface area contributed by atoms with Gasteiger partial charge in [-0.15, -0.1) is 0 Å². The Bertz CT molecular complexity index is 336. The van der Waals surface area contributed by atoms with Gasteiger partial charge < -0.3 is 5.73 Å². The highest BCUT2D eigenvalue weighted by molar-refractivity contribution is 9.10. The molecule has 1 atom stereocenters. The van der Waals surface area contributed by atoms with E-state index in [0.717, 1.165) is 11.1 Å². The van der Waals surface area contributed by atoms with Gasteiger partial charge in [0, 0.05) is 4.47 Å². The minimum absolute atomic E-state index is 0.241. The van der Waals surface area contributed by atoms with Crippen LogP contribution in [0.15, 0.2) is 34.8 Å². The Morgan fingerprint density at radius 2 is 2.23 bits per heavy atom. The predicted molar refractivity (Wildman–Crippen MR) is 55.8 cm³/mol. The number of nitrogens with two attached hydrogens (primary N) is 1. The summed E-state index contributed by atoms with van der Waals surface area (Å²) in [5.74, 6) is -0.274. The zero-order valence-electron chi connectivity index (χ0n) is 7.35. The molecule has 1 unspecified atom stereocenters. The molecule has 0 fully saturated rings. The lowest BCUT2D eigenvalue weighted by Crippen LogP contribution is -2.11. The van der Waals surface area contributed by atoms with Crippen LogP contribution in [0.1, 0.15) is 18.5 Å². The highest BCUT2D eigenvalue weighted by Gasteiger charge is 2.10. The van der Waals surface area contributed by atoms with Crippen molar-refractivity contribution in [2.75, 3.05) is 0 Å². The molecule has 0 aromatic heterocycles. The number of halogens is 2. The molecule has 2 N–H and O–H groups in total. The molecule has 70 valence electrons. The number of hydrogen-bond donors (Lipinski definition) is 1. The lowest BCUT2D eigenvalue weighted by atomic mass is 10.0. The fraction of sp³-hybridized carbons (Fsp3) is 0.200. The van der Waals surface area contributed by atoms with Gasteiger partial charge in [-0.05, 0) is 24.6 Å². The molecule has 0 amide bonds. The van der Waals surface area contributed by atoms with Crippen molar-refractivity contribution in [1.82, 2.24) is 0 Å². The van der Waals surface area contributed by atoms with Crippen LogP contribution in [-0.4, -0.2) is 0 Å². The molecule has 0 saturated carbocycles. The van der Waals surface area contributed by atoms with Gasteiger partial charge in [0.1, 0.15) is 5.82 Å². The molecule has 0 radical (unpaired) electrons. The Labute approximate surface area is 85.6 Å². The van der Waals surface area contributed by atoms with Crippen molar-refractivity contribution >= 4 is 15.9 Å². The van der Waals surface area contributed by atoms with Crippen LogP contribution in [0.2, 0.25) is 0 Å². The molecule has 13 heavy (non-hydrogen) atoms. The summed E-state index contributed by atoms with van der Waals surface area (Å²) in [6.45, 7) is 5.60. The molecule has 1 aromatic carbocycles. The summed E-state index contributed by atoms with van der Waals surface area (Å²) in [6, 6.07) is 4.22. The molecule has 0 saturated heterocycles. The van der Waals surface area contributed by atoms with E-state index >= 15 is 0 Å². The molecule has 0 heterocycles. The summed E-state index contributed by atoms with van der Waals surface area (Å²) in [5.41, 5.74) is 7.55. The molecule has 1 rings (SSSR count). The standard InChI is InChI=1S/C10H11BrFN/c1-6(2)10(13)8-4-3-7(12)5-9(8)11/h3-5,10H,1,13H2,2H3. The summed E-state index contributed by atoms with van der Waals surface area (Å²) in [6.07, 6.45) is 0. The van der Waals surface area contributed by atoms with Crippen molar-refractivity contribution in [2.24, 2.45) is 5.73 Å². The Morgan fingerprint density at radius 3 is 2.69 bits per heavy atom. The Hall–Kier alpha value is -0.670. The second kappa shape index (κ2) is 4.03. The molecular formula is C10H11BrFN. The van der Waals surface area contributed by atoms with E-state index in [1.54, 1.807) is 6.07 Å². The number of hydrogen-bond acceptors (Lipinski definition) is 1. The van der Waals surface area contributed by atoms with Gasteiger partial charge in [0.2, 0.25) is 0 Å². The van der Waals surface area contributed by atoms with Crippen LogP contribution in [0, 0.1) is 5.82 Å². The summed E-state index contributed by atoms with van der Waals surface area (Å²) in [4.78, 5) is 0. The Morgan fingerprint density at radius 1 is 1.62 bits per heavy atom. The second-order valence-corrected chi connectivity index (χ2v) is 3.84. The smallest absolute Gasteiger partial charge is 0.124 e. The van der Waals surface area contributed by atoms with Gasteiger partial charge in [0.15, 0.2) is 0 Å². The zero-order chi connectivity index (χ0) is 10.0. The third-order valence-electron chi connectivity index (χ3n) is 1.83. The highest BCUT2D eigenvalue weighted by atomic mass is 79.9. The van der Waals surface area contributed by atoms with Crippen LogP contribution < -0.4 is 5.73 Å². The van der Waals surface area contributed by atoms with Crippen molar-refractivity contribution < 1.29 is 4.39 Å². The summed E-state index contributed by atoms with van der Waals surface area (Å²) in [7, 11) is 0. The average Bonchev–Trinajstić information content (AvgIpc) is 2.03. The highest BCUT2D eigenvalue weighted by Crippen LogP contribution is 2.26. The molecule has 0 aliphatic carbocycles. The van der Waals surface area contributed by atoms with Crippen LogP contribution in [-0.2, 0) is 0 Å². The van der Waals surface area contributed by atoms with E-state index in [1.165, 1.54) is 12.1 Å². The molecule has 0 aliphatic rings. The second-order valence-electron chi connectivity index (χ2n) is 2.99. The van der Waals surface area contributed by atoms with E-state index in [1.807, 2.05) is 6.92 Å². The normalized spacial score (nSPS) is 12.6. The van der Waals surface area contributed by atoms with E-state index in [0.29, 0.717) is 4.47 Å². The molecule has 1 aromatic rings. The van der Waals surface area contributed by atoms with Gasteiger partial charge in [-0.2, -0.15) is 0 Å². The van der Waals surface area contributed by atoms with Crippen LogP contribution in [0.5, 0.6) is 0 Å². The summed E-state index contributed by atoms with van der Waals surface area (Å²) < 4.78 is 13.4. The predicted octanol–water partition coefficient (Wildman–Crippen LogP) is 3.16. The maximum absolute atomic E-state index is 12.7. The Kier molecular flexibility index (Phi) is 3.22. The maximum Gasteiger partial charge on any atom is 0.124 e. The fourth-order valence-corrected chi connectivity index (χ4v) is 1.62. The van der Waals surface area contributed by atoms with Gasteiger partial charge in [-0.3, -0.25) is 0 Å². The first-order valence-corrected chi connectivity index (χ1v) is 4.67. The summed E-state index contributed by atoms with van der Waals surface area (Å²) >= 11 is 3.25. The lowest BCUT2D eigenvalue weighted by Gasteiger charge is -2.13. The third kappa shape index (κ3) is 2.39. The molecule has 1 nitrogen and oxygen atoms in total. The van der Waals surface area contributed by atoms with E-state index in [-0.39, 0.29) is 11.9 Å². The van der Waals surface area contributed by atoms with Crippen molar-refractivity contribution in [2.45, 2.75) is 13.0 Å². The van der Waals surface area contributed by atoms with Gasteiger partial charge in [-0.1, -0.05) is 34.1 Å². The van der Waals surface area contributed by atoms with E-state index in [9.17, 15) is 4.39 Å². The first kappa shape index (κ1) is 10.4. The minimum atomic E-state index is -0.274. The Balaban J connectivity index is 3.08. The number of rotatable bonds is 2. The van der Waals surface area contributed by atoms with Crippen LogP contribution in [0.4, 0.5) is 4.39 Å². The van der Waals surface area contributed by atoms with Crippen molar-refractivity contribution in [3.05, 3.63) is 46.2 Å². The molecule has 0 aliphatic heterocycles. The molecule has 3 heteroatoms. The van der Waals surface area contributed by atoms with E-state index in [2.05, 4.69) is 22.5 Å². The molecule has 0 bridgehead atoms. The van der Waals surface area contributed by atoms with Crippen LogP contribution in [0.3, 0.4) is 0 Å². The SMILES string of the molecule is C=C(C)C(N)c1ccc(F)cc1Br. The topological polar surface area (TPSA) is 26.0 Å². The van der Waals surface area contributed by atoms with Gasteiger partial charge >= 0.3 is 0 Å². The van der Waals surface area contributed by atoms with Crippen molar-refractivity contribution in [3.63, 3.8) is 0 Å². The minimum Gasteiger partial charge on any atom is -0.321 e. The molecular weight excluding hydrogens is 233 g/mol. The largest absolute Gasteiger partial charge is 0.321 e. The lowest BCUT2D eigenvalue weighted by molar-refractivity contribution is 0.625. The van der Waals surface area contributed by atoms with Crippen LogP contribution in [0.25, 0.3) is 0 Å². The van der Waals surface area contributed by atoms with Gasteiger partial charge in [-0.25, -0.2) is 4.39 Å². The first-order chi connectivity index (χ1) is 6.02. The average molecular weight is 244 g/mol. The number of benzene rings is 1.